The number of fused-ring (bicyclic) bond motifs is 1. The van der Waals surface area contributed by atoms with Gasteiger partial charge >= 0.3 is 0 Å². The maximum Gasteiger partial charge on any atom is 0.270 e. The molecule has 30 heavy (non-hydrogen) atoms. The summed E-state index contributed by atoms with van der Waals surface area (Å²) in [5.41, 5.74) is -0.262. The molecule has 2 heterocycles. The second-order valence-corrected chi connectivity index (χ2v) is 7.89. The fourth-order valence-electron chi connectivity index (χ4n) is 2.92. The molecule has 0 bridgehead atoms. The number of benzene rings is 2. The first-order chi connectivity index (χ1) is 14.3. The van der Waals surface area contributed by atoms with Gasteiger partial charge in [0, 0.05) is 10.0 Å². The molecule has 1 aliphatic rings. The Hall–Kier alpha value is -2.71. The van der Waals surface area contributed by atoms with E-state index in [4.69, 9.17) is 51.4 Å². The van der Waals surface area contributed by atoms with Gasteiger partial charge in [-0.3, -0.25) is 24.6 Å². The molecule has 2 aromatic carbocycles. The first-order valence-electron chi connectivity index (χ1n) is 8.34. The quantitative estimate of drug-likeness (QED) is 0.330. The third-order valence-electron chi connectivity index (χ3n) is 4.31. The van der Waals surface area contributed by atoms with Gasteiger partial charge in [0.15, 0.2) is 16.1 Å². The van der Waals surface area contributed by atoms with Gasteiger partial charge in [-0.1, -0.05) is 34.8 Å². The van der Waals surface area contributed by atoms with Gasteiger partial charge in [-0.05, 0) is 54.7 Å². The maximum atomic E-state index is 13.0. The first-order valence-corrected chi connectivity index (χ1v) is 9.88. The van der Waals surface area contributed by atoms with E-state index < -0.39 is 17.2 Å². The Bertz CT molecular complexity index is 1330. The summed E-state index contributed by atoms with van der Waals surface area (Å²) in [6, 6.07) is 9.16. The van der Waals surface area contributed by atoms with Gasteiger partial charge in [0.1, 0.15) is 11.8 Å². The normalized spacial score (nSPS) is 15.8. The molecule has 6 nitrogen and oxygen atoms in total. The Balaban J connectivity index is 1.82. The second-order valence-electron chi connectivity index (χ2n) is 6.22. The van der Waals surface area contributed by atoms with Crippen LogP contribution in [-0.2, 0) is 9.59 Å². The van der Waals surface area contributed by atoms with Crippen molar-refractivity contribution >= 4 is 86.7 Å². The summed E-state index contributed by atoms with van der Waals surface area (Å²) >= 11 is 23.1. The Kier molecular flexibility index (Phi) is 5.38. The van der Waals surface area contributed by atoms with Crippen LogP contribution in [0, 0.1) is 0 Å². The Morgan fingerprint density at radius 2 is 1.70 bits per heavy atom. The zero-order valence-electron chi connectivity index (χ0n) is 14.7. The van der Waals surface area contributed by atoms with Gasteiger partial charge < -0.3 is 4.42 Å². The molecule has 2 amide bonds. The van der Waals surface area contributed by atoms with Crippen molar-refractivity contribution < 1.29 is 14.0 Å². The van der Waals surface area contributed by atoms with Crippen LogP contribution in [0.4, 0.5) is 5.69 Å². The van der Waals surface area contributed by atoms with Crippen molar-refractivity contribution in [3.8, 4) is 0 Å². The van der Waals surface area contributed by atoms with Crippen LogP contribution in [0.5, 0.6) is 0 Å². The zero-order chi connectivity index (χ0) is 21.6. The number of rotatable bonds is 2. The minimum absolute atomic E-state index is 0.0248. The third-order valence-corrected chi connectivity index (χ3v) is 5.34. The molecular formula is C20H9Cl3N2O4S. The molecule has 4 rings (SSSR count). The number of hydrogen-bond acceptors (Lipinski definition) is 5. The number of thiocarbonyl (C=S) groups is 1. The molecule has 10 heteroatoms. The molecule has 0 unspecified atom stereocenters. The van der Waals surface area contributed by atoms with E-state index in [1.54, 1.807) is 24.3 Å². The number of nitrogens with zero attached hydrogens (tertiary/aromatic N) is 1. The first kappa shape index (κ1) is 20.6. The average Bonchev–Trinajstić information content (AvgIpc) is 2.68. The topological polar surface area (TPSA) is 79.6 Å². The van der Waals surface area contributed by atoms with Crippen LogP contribution in [0.2, 0.25) is 15.1 Å². The van der Waals surface area contributed by atoms with Crippen LogP contribution in [0.15, 0.2) is 57.4 Å². The van der Waals surface area contributed by atoms with Gasteiger partial charge in [-0.25, -0.2) is 0 Å². The van der Waals surface area contributed by atoms with E-state index in [9.17, 15) is 14.4 Å². The van der Waals surface area contributed by atoms with E-state index in [0.29, 0.717) is 10.7 Å². The van der Waals surface area contributed by atoms with Crippen molar-refractivity contribution in [1.82, 2.24) is 5.32 Å². The predicted molar refractivity (Wildman–Crippen MR) is 120 cm³/mol. The van der Waals surface area contributed by atoms with E-state index in [2.05, 4.69) is 5.32 Å². The van der Waals surface area contributed by atoms with Gasteiger partial charge in [0.25, 0.3) is 11.8 Å². The lowest BCUT2D eigenvalue weighted by atomic mass is 10.1. The lowest BCUT2D eigenvalue weighted by Crippen LogP contribution is -2.54. The number of nitrogens with one attached hydrogen (secondary N) is 1. The Morgan fingerprint density at radius 3 is 2.40 bits per heavy atom. The standard InChI is InChI=1S/C20H9Cl3N2O4S/c21-10-1-3-12(4-2-10)25-19(28)14(18(27)24-20(25)30)5-9-8-29-17-13(16(9)26)6-11(22)7-15(17)23/h1-8H,(H,24,27,30). The lowest BCUT2D eigenvalue weighted by Gasteiger charge is -2.28. The van der Waals surface area contributed by atoms with Gasteiger partial charge in [0.05, 0.1) is 21.7 Å². The number of amides is 2. The van der Waals surface area contributed by atoms with Crippen LogP contribution in [0.1, 0.15) is 5.56 Å². The second kappa shape index (κ2) is 7.85. The molecule has 0 aliphatic carbocycles. The SMILES string of the molecule is O=C1NC(=S)N(c2ccc(Cl)cc2)C(=O)C1=Cc1coc2c(Cl)cc(Cl)cc2c1=O. The monoisotopic (exact) mass is 478 g/mol. The molecule has 150 valence electrons. The maximum absolute atomic E-state index is 13.0. The van der Waals surface area contributed by atoms with E-state index in [-0.39, 0.29) is 37.3 Å². The minimum Gasteiger partial charge on any atom is -0.462 e. The number of anilines is 1. The van der Waals surface area contributed by atoms with Gasteiger partial charge in [-0.15, -0.1) is 0 Å². The molecule has 1 aliphatic heterocycles. The van der Waals surface area contributed by atoms with Crippen molar-refractivity contribution in [2.75, 3.05) is 4.90 Å². The molecule has 3 aromatic rings. The van der Waals surface area contributed by atoms with E-state index in [1.165, 1.54) is 12.1 Å². The van der Waals surface area contributed by atoms with Crippen molar-refractivity contribution in [3.05, 3.63) is 79.1 Å². The number of hydrogen-bond donors (Lipinski definition) is 1. The predicted octanol–water partition coefficient (Wildman–Crippen LogP) is 4.58. The molecule has 1 saturated heterocycles. The Morgan fingerprint density at radius 1 is 1.00 bits per heavy atom. The zero-order valence-corrected chi connectivity index (χ0v) is 17.8. The van der Waals surface area contributed by atoms with E-state index in [1.807, 2.05) is 0 Å². The molecule has 1 fully saturated rings. The van der Waals surface area contributed by atoms with Crippen LogP contribution in [0.3, 0.4) is 0 Å². The molecule has 0 radical (unpaired) electrons. The van der Waals surface area contributed by atoms with Crippen LogP contribution in [-0.4, -0.2) is 16.9 Å². The van der Waals surface area contributed by atoms with Crippen molar-refractivity contribution in [1.29, 1.82) is 0 Å². The molecule has 0 saturated carbocycles. The van der Waals surface area contributed by atoms with Crippen molar-refractivity contribution in [3.63, 3.8) is 0 Å². The van der Waals surface area contributed by atoms with Crippen LogP contribution in [0.25, 0.3) is 17.0 Å². The van der Waals surface area contributed by atoms with E-state index in [0.717, 1.165) is 17.2 Å². The van der Waals surface area contributed by atoms with Gasteiger partial charge in [0.2, 0.25) is 0 Å². The van der Waals surface area contributed by atoms with Crippen molar-refractivity contribution in [2.24, 2.45) is 0 Å². The molecule has 1 aromatic heterocycles. The van der Waals surface area contributed by atoms with E-state index >= 15 is 0 Å². The smallest absolute Gasteiger partial charge is 0.270 e. The molecule has 0 atom stereocenters. The minimum atomic E-state index is -0.737. The number of halogens is 3. The highest BCUT2D eigenvalue weighted by Crippen LogP contribution is 2.27. The summed E-state index contributed by atoms with van der Waals surface area (Å²) in [7, 11) is 0. The highest BCUT2D eigenvalue weighted by atomic mass is 35.5. The summed E-state index contributed by atoms with van der Waals surface area (Å²) in [6.07, 6.45) is 2.26. The van der Waals surface area contributed by atoms with Crippen LogP contribution >= 0.6 is 47.0 Å². The number of carbonyl (C=O) groups is 2. The molecule has 1 N–H and O–H groups in total. The molecule has 0 spiro atoms. The van der Waals surface area contributed by atoms with Crippen LogP contribution < -0.4 is 15.6 Å². The van der Waals surface area contributed by atoms with Gasteiger partial charge in [-0.2, -0.15) is 0 Å². The largest absolute Gasteiger partial charge is 0.462 e. The molecular weight excluding hydrogens is 471 g/mol. The highest BCUT2D eigenvalue weighted by Gasteiger charge is 2.34. The summed E-state index contributed by atoms with van der Waals surface area (Å²) in [5, 5.41) is 3.36. The average molecular weight is 480 g/mol. The number of carbonyl (C=O) groups excluding carboxylic acids is 2. The Labute approximate surface area is 189 Å². The summed E-state index contributed by atoms with van der Waals surface area (Å²) < 4.78 is 5.43. The summed E-state index contributed by atoms with van der Waals surface area (Å²) in [4.78, 5) is 39.4. The third kappa shape index (κ3) is 3.61. The fraction of sp³-hybridized carbons (Fsp3) is 0. The fourth-order valence-corrected chi connectivity index (χ4v) is 3.86. The summed E-state index contributed by atoms with van der Waals surface area (Å²) in [6.45, 7) is 0. The van der Waals surface area contributed by atoms with Crippen molar-refractivity contribution in [2.45, 2.75) is 0 Å². The highest BCUT2D eigenvalue weighted by molar-refractivity contribution is 7.80. The lowest BCUT2D eigenvalue weighted by molar-refractivity contribution is -0.122. The summed E-state index contributed by atoms with van der Waals surface area (Å²) in [5.74, 6) is -1.44.